The van der Waals surface area contributed by atoms with Gasteiger partial charge in [0.25, 0.3) is 5.43 Å². The van der Waals surface area contributed by atoms with Crippen molar-refractivity contribution in [2.75, 3.05) is 7.11 Å². The molecule has 0 radical (unpaired) electrons. The van der Waals surface area contributed by atoms with Crippen LogP contribution in [0, 0.1) is 0 Å². The highest BCUT2D eigenvalue weighted by Gasteiger charge is 2.17. The topological polar surface area (TPSA) is 102 Å². The van der Waals surface area contributed by atoms with Crippen LogP contribution in [-0.4, -0.2) is 33.1 Å². The summed E-state index contributed by atoms with van der Waals surface area (Å²) in [6, 6.07) is 13.0. The van der Waals surface area contributed by atoms with Gasteiger partial charge in [0.1, 0.15) is 5.75 Å². The lowest BCUT2D eigenvalue weighted by Crippen LogP contribution is -2.21. The molecule has 3 aromatic rings. The summed E-state index contributed by atoms with van der Waals surface area (Å²) in [5, 5.41) is 22.9. The molecule has 0 fully saturated rings. The third-order valence-electron chi connectivity index (χ3n) is 4.17. The van der Waals surface area contributed by atoms with Crippen molar-refractivity contribution in [3.63, 3.8) is 0 Å². The maximum absolute atomic E-state index is 11.8. The average Bonchev–Trinajstić information content (AvgIpc) is 2.69. The normalized spacial score (nSPS) is 10.6. The zero-order valence-corrected chi connectivity index (χ0v) is 14.8. The number of rotatable bonds is 5. The molecule has 138 valence electrons. The van der Waals surface area contributed by atoms with E-state index in [0.717, 1.165) is 29.3 Å². The average molecular weight is 366 g/mol. The monoisotopic (exact) mass is 366 g/mol. The van der Waals surface area contributed by atoms with Gasteiger partial charge in [0.15, 0.2) is 5.75 Å². The zero-order chi connectivity index (χ0) is 19.6. The third-order valence-corrected chi connectivity index (χ3v) is 4.17. The van der Waals surface area contributed by atoms with E-state index < -0.39 is 22.8 Å². The molecule has 3 rings (SSSR count). The fraction of sp³-hybridized carbons (Fsp3) is 0.150. The van der Waals surface area contributed by atoms with Gasteiger partial charge in [-0.2, -0.15) is 5.10 Å². The summed E-state index contributed by atoms with van der Waals surface area (Å²) in [6.45, 7) is 2.03. The number of aryl methyl sites for hydroxylation is 1. The van der Waals surface area contributed by atoms with E-state index in [1.165, 1.54) is 4.68 Å². The molecular weight excluding hydrogens is 348 g/mol. The number of aromatic hydroxyl groups is 1. The predicted octanol–water partition coefficient (Wildman–Crippen LogP) is 2.87. The second-order valence-electron chi connectivity index (χ2n) is 5.88. The molecule has 0 saturated heterocycles. The van der Waals surface area contributed by atoms with Gasteiger partial charge in [-0.3, -0.25) is 4.79 Å². The number of aromatic carboxylic acids is 1. The van der Waals surface area contributed by atoms with Crippen molar-refractivity contribution < 1.29 is 19.7 Å². The summed E-state index contributed by atoms with van der Waals surface area (Å²) in [6.07, 6.45) is 1.92. The molecule has 0 amide bonds. The maximum Gasteiger partial charge on any atom is 0.360 e. The number of hydrogen-bond acceptors (Lipinski definition) is 5. The van der Waals surface area contributed by atoms with Crippen LogP contribution in [-0.2, 0) is 6.42 Å². The highest BCUT2D eigenvalue weighted by Crippen LogP contribution is 2.31. The van der Waals surface area contributed by atoms with Crippen molar-refractivity contribution in [3.8, 4) is 28.3 Å². The Morgan fingerprint density at radius 2 is 1.96 bits per heavy atom. The first kappa shape index (κ1) is 18.2. The van der Waals surface area contributed by atoms with E-state index in [4.69, 9.17) is 4.74 Å². The quantitative estimate of drug-likeness (QED) is 0.720. The molecule has 0 bridgehead atoms. The first-order chi connectivity index (χ1) is 12.9. The van der Waals surface area contributed by atoms with E-state index in [9.17, 15) is 19.8 Å². The maximum atomic E-state index is 11.8. The number of ether oxygens (including phenoxy) is 1. The SMILES string of the molecule is CCc1cc(OC)cc(-c2ccccc2-n2cc(O)c(=O)c(C(=O)O)n2)c1. The fourth-order valence-electron chi connectivity index (χ4n) is 2.80. The second-order valence-corrected chi connectivity index (χ2v) is 5.88. The number of carboxylic acids is 1. The lowest BCUT2D eigenvalue weighted by Gasteiger charge is -2.14. The Morgan fingerprint density at radius 1 is 1.22 bits per heavy atom. The van der Waals surface area contributed by atoms with Crippen molar-refractivity contribution in [1.82, 2.24) is 9.78 Å². The standard InChI is InChI=1S/C20H18N2O5/c1-3-12-8-13(10-14(9-12)27-2)15-6-4-5-7-16(15)22-11-17(23)19(24)18(21-22)20(25)26/h4-11,23H,3H2,1-2H3,(H,25,26). The lowest BCUT2D eigenvalue weighted by molar-refractivity contribution is 0.0686. The van der Waals surface area contributed by atoms with Gasteiger partial charge in [0.2, 0.25) is 5.69 Å². The molecule has 0 aliphatic rings. The van der Waals surface area contributed by atoms with Crippen molar-refractivity contribution in [3.05, 3.63) is 70.1 Å². The number of benzene rings is 2. The fourth-order valence-corrected chi connectivity index (χ4v) is 2.80. The minimum absolute atomic E-state index is 0.519. The molecule has 0 aliphatic heterocycles. The molecule has 0 aliphatic carbocycles. The van der Waals surface area contributed by atoms with Gasteiger partial charge in [-0.05, 0) is 35.7 Å². The summed E-state index contributed by atoms with van der Waals surface area (Å²) in [4.78, 5) is 23.1. The molecule has 27 heavy (non-hydrogen) atoms. The Kier molecular flexibility index (Phi) is 4.94. The Balaban J connectivity index is 2.25. The molecule has 0 saturated carbocycles. The number of methoxy groups -OCH3 is 1. The number of hydrogen-bond donors (Lipinski definition) is 2. The van der Waals surface area contributed by atoms with Gasteiger partial charge < -0.3 is 14.9 Å². The van der Waals surface area contributed by atoms with Gasteiger partial charge in [-0.15, -0.1) is 0 Å². The zero-order valence-electron chi connectivity index (χ0n) is 14.8. The van der Waals surface area contributed by atoms with Crippen LogP contribution < -0.4 is 10.2 Å². The summed E-state index contributed by atoms with van der Waals surface area (Å²) < 4.78 is 6.56. The molecule has 7 heteroatoms. The van der Waals surface area contributed by atoms with Crippen LogP contribution >= 0.6 is 0 Å². The molecule has 1 aromatic heterocycles. The lowest BCUT2D eigenvalue weighted by atomic mass is 10.00. The molecule has 1 heterocycles. The predicted molar refractivity (Wildman–Crippen MR) is 99.8 cm³/mol. The minimum atomic E-state index is -1.50. The number of nitrogens with zero attached hydrogens (tertiary/aromatic N) is 2. The van der Waals surface area contributed by atoms with Gasteiger partial charge in [0, 0.05) is 5.56 Å². The number of carbonyl (C=O) groups is 1. The highest BCUT2D eigenvalue weighted by molar-refractivity contribution is 5.85. The van der Waals surface area contributed by atoms with Crippen LogP contribution in [0.3, 0.4) is 0 Å². The molecule has 0 atom stereocenters. The third kappa shape index (κ3) is 3.52. The van der Waals surface area contributed by atoms with E-state index >= 15 is 0 Å². The van der Waals surface area contributed by atoms with Crippen LogP contribution in [0.25, 0.3) is 16.8 Å². The van der Waals surface area contributed by atoms with Crippen LogP contribution in [0.1, 0.15) is 23.0 Å². The smallest absolute Gasteiger partial charge is 0.360 e. The minimum Gasteiger partial charge on any atom is -0.503 e. The van der Waals surface area contributed by atoms with Crippen molar-refractivity contribution in [1.29, 1.82) is 0 Å². The second kappa shape index (κ2) is 7.33. The summed E-state index contributed by atoms with van der Waals surface area (Å²) in [5.41, 5.74) is 1.42. The first-order valence-electron chi connectivity index (χ1n) is 8.28. The molecule has 0 spiro atoms. The largest absolute Gasteiger partial charge is 0.503 e. The Bertz CT molecular complexity index is 1050. The van der Waals surface area contributed by atoms with Gasteiger partial charge in [0.05, 0.1) is 19.0 Å². The molecule has 0 unspecified atom stereocenters. The van der Waals surface area contributed by atoms with Crippen LogP contribution in [0.15, 0.2) is 53.5 Å². The Labute approximate surface area is 155 Å². The van der Waals surface area contributed by atoms with Crippen molar-refractivity contribution in [2.45, 2.75) is 13.3 Å². The number of aromatic nitrogens is 2. The van der Waals surface area contributed by atoms with Crippen LogP contribution in [0.2, 0.25) is 0 Å². The van der Waals surface area contributed by atoms with Crippen molar-refractivity contribution >= 4 is 5.97 Å². The van der Waals surface area contributed by atoms with Crippen LogP contribution in [0.4, 0.5) is 0 Å². The first-order valence-corrected chi connectivity index (χ1v) is 8.28. The van der Waals surface area contributed by atoms with E-state index in [0.29, 0.717) is 11.4 Å². The summed E-state index contributed by atoms with van der Waals surface area (Å²) in [7, 11) is 1.59. The van der Waals surface area contributed by atoms with E-state index in [1.807, 2.05) is 37.3 Å². The van der Waals surface area contributed by atoms with E-state index in [-0.39, 0.29) is 0 Å². The van der Waals surface area contributed by atoms with E-state index in [1.54, 1.807) is 19.2 Å². The van der Waals surface area contributed by atoms with Crippen LogP contribution in [0.5, 0.6) is 11.5 Å². The summed E-state index contributed by atoms with van der Waals surface area (Å²) >= 11 is 0. The molecule has 2 N–H and O–H groups in total. The van der Waals surface area contributed by atoms with Gasteiger partial charge in [-0.1, -0.05) is 31.2 Å². The number of carboxylic acid groups (broad SMARTS) is 1. The summed E-state index contributed by atoms with van der Waals surface area (Å²) in [5.74, 6) is -1.49. The van der Waals surface area contributed by atoms with Gasteiger partial charge >= 0.3 is 5.97 Å². The molecular formula is C20H18N2O5. The number of para-hydroxylation sites is 1. The van der Waals surface area contributed by atoms with E-state index in [2.05, 4.69) is 5.10 Å². The highest BCUT2D eigenvalue weighted by atomic mass is 16.5. The Hall–Kier alpha value is -3.61. The molecule has 2 aromatic carbocycles. The van der Waals surface area contributed by atoms with Crippen molar-refractivity contribution in [2.24, 2.45) is 0 Å². The molecule has 7 nitrogen and oxygen atoms in total. The van der Waals surface area contributed by atoms with Gasteiger partial charge in [-0.25, -0.2) is 9.48 Å². The Morgan fingerprint density at radius 3 is 2.63 bits per heavy atom.